The molecule has 2 rings (SSSR count). The van der Waals surface area contributed by atoms with Gasteiger partial charge in [-0.05, 0) is 28.1 Å². The molecule has 0 aliphatic rings. The molecule has 0 saturated carbocycles. The van der Waals surface area contributed by atoms with E-state index < -0.39 is 22.7 Å². The van der Waals surface area contributed by atoms with E-state index in [-0.39, 0.29) is 10.7 Å². The number of pyridine rings is 1. The number of nitrogens with zero attached hydrogens (tertiary/aromatic N) is 2. The van der Waals surface area contributed by atoms with Gasteiger partial charge >= 0.3 is 12.1 Å². The Morgan fingerprint density at radius 1 is 1.42 bits per heavy atom. The number of thiazole rings is 1. The number of aromatic carboxylic acids is 1. The Balaban J connectivity index is 2.62. The minimum atomic E-state index is -4.82. The number of aromatic nitrogens is 2. The SMILES string of the molecule is O=C(O)c1sc(-c2ncccc2Br)nc1C(F)(F)F. The van der Waals surface area contributed by atoms with Gasteiger partial charge in [0.05, 0.1) is 0 Å². The number of hydrogen-bond donors (Lipinski definition) is 1. The Labute approximate surface area is 117 Å². The molecule has 19 heavy (non-hydrogen) atoms. The number of alkyl halides is 3. The van der Waals surface area contributed by atoms with Gasteiger partial charge in [0.25, 0.3) is 0 Å². The smallest absolute Gasteiger partial charge is 0.435 e. The molecule has 2 aromatic rings. The van der Waals surface area contributed by atoms with Crippen molar-refractivity contribution in [2.75, 3.05) is 0 Å². The number of hydrogen-bond acceptors (Lipinski definition) is 4. The summed E-state index contributed by atoms with van der Waals surface area (Å²) >= 11 is 3.57. The van der Waals surface area contributed by atoms with E-state index in [0.29, 0.717) is 15.8 Å². The maximum absolute atomic E-state index is 12.7. The molecule has 0 fully saturated rings. The van der Waals surface area contributed by atoms with E-state index in [1.807, 2.05) is 0 Å². The second kappa shape index (κ2) is 4.89. The van der Waals surface area contributed by atoms with Gasteiger partial charge in [0.1, 0.15) is 15.6 Å². The van der Waals surface area contributed by atoms with Crippen LogP contribution in [-0.2, 0) is 6.18 Å². The summed E-state index contributed by atoms with van der Waals surface area (Å²) in [5, 5.41) is 8.70. The Hall–Kier alpha value is -1.48. The van der Waals surface area contributed by atoms with E-state index in [1.54, 1.807) is 12.1 Å². The van der Waals surface area contributed by atoms with Crippen molar-refractivity contribution in [2.24, 2.45) is 0 Å². The van der Waals surface area contributed by atoms with Gasteiger partial charge in [-0.1, -0.05) is 0 Å². The minimum Gasteiger partial charge on any atom is -0.477 e. The average molecular weight is 353 g/mol. The largest absolute Gasteiger partial charge is 0.477 e. The number of carbonyl (C=O) groups is 1. The highest BCUT2D eigenvalue weighted by atomic mass is 79.9. The van der Waals surface area contributed by atoms with Gasteiger partial charge in [0, 0.05) is 10.7 Å². The molecule has 0 saturated heterocycles. The molecular formula is C10H4BrF3N2O2S. The fourth-order valence-corrected chi connectivity index (χ4v) is 2.81. The van der Waals surface area contributed by atoms with Crippen LogP contribution in [0.2, 0.25) is 0 Å². The molecule has 9 heteroatoms. The zero-order chi connectivity index (χ0) is 14.2. The summed E-state index contributed by atoms with van der Waals surface area (Å²) in [4.78, 5) is 17.2. The highest BCUT2D eigenvalue weighted by Crippen LogP contribution is 2.38. The van der Waals surface area contributed by atoms with Gasteiger partial charge in [-0.2, -0.15) is 13.2 Å². The number of carboxylic acids is 1. The Bertz CT molecular complexity index is 642. The average Bonchev–Trinajstić information content (AvgIpc) is 2.74. The van der Waals surface area contributed by atoms with Gasteiger partial charge in [0.2, 0.25) is 0 Å². The molecular weight excluding hydrogens is 349 g/mol. The molecule has 0 aliphatic carbocycles. The first-order valence-electron chi connectivity index (χ1n) is 4.73. The second-order valence-electron chi connectivity index (χ2n) is 3.33. The fourth-order valence-electron chi connectivity index (χ4n) is 1.30. The van der Waals surface area contributed by atoms with Crippen molar-refractivity contribution in [3.8, 4) is 10.7 Å². The summed E-state index contributed by atoms with van der Waals surface area (Å²) in [5.41, 5.74) is -1.23. The van der Waals surface area contributed by atoms with Crippen molar-refractivity contribution < 1.29 is 23.1 Å². The predicted octanol–water partition coefficient (Wildman–Crippen LogP) is 3.68. The second-order valence-corrected chi connectivity index (χ2v) is 5.19. The molecule has 0 atom stereocenters. The molecule has 1 N–H and O–H groups in total. The summed E-state index contributed by atoms with van der Waals surface area (Å²) in [6.07, 6.45) is -3.43. The van der Waals surface area contributed by atoms with Crippen LogP contribution in [0.25, 0.3) is 10.7 Å². The summed E-state index contributed by atoms with van der Waals surface area (Å²) in [5.74, 6) is -1.66. The summed E-state index contributed by atoms with van der Waals surface area (Å²) < 4.78 is 38.5. The quantitative estimate of drug-likeness (QED) is 0.895. The first kappa shape index (κ1) is 13.9. The molecule has 2 heterocycles. The molecule has 2 aromatic heterocycles. The van der Waals surface area contributed by atoms with E-state index in [1.165, 1.54) is 6.20 Å². The third-order valence-electron chi connectivity index (χ3n) is 2.05. The molecule has 0 aliphatic heterocycles. The van der Waals surface area contributed by atoms with Crippen molar-refractivity contribution in [1.29, 1.82) is 0 Å². The van der Waals surface area contributed by atoms with Gasteiger partial charge in [-0.15, -0.1) is 11.3 Å². The molecule has 0 unspecified atom stereocenters. The van der Waals surface area contributed by atoms with Crippen LogP contribution >= 0.6 is 27.3 Å². The monoisotopic (exact) mass is 352 g/mol. The minimum absolute atomic E-state index is 0.0998. The molecule has 4 nitrogen and oxygen atoms in total. The topological polar surface area (TPSA) is 63.1 Å². The normalized spacial score (nSPS) is 11.6. The maximum Gasteiger partial charge on any atom is 0.435 e. The van der Waals surface area contributed by atoms with Crippen LogP contribution in [0.3, 0.4) is 0 Å². The van der Waals surface area contributed by atoms with Crippen LogP contribution in [0.1, 0.15) is 15.4 Å². The maximum atomic E-state index is 12.7. The van der Waals surface area contributed by atoms with Crippen LogP contribution in [0.4, 0.5) is 13.2 Å². The zero-order valence-corrected chi connectivity index (χ0v) is 11.3. The third-order valence-corrected chi connectivity index (χ3v) is 3.74. The van der Waals surface area contributed by atoms with Crippen molar-refractivity contribution in [3.05, 3.63) is 33.4 Å². The van der Waals surface area contributed by atoms with Gasteiger partial charge in [-0.25, -0.2) is 9.78 Å². The first-order valence-corrected chi connectivity index (χ1v) is 6.34. The lowest BCUT2D eigenvalue weighted by Gasteiger charge is -2.02. The van der Waals surface area contributed by atoms with E-state index in [2.05, 4.69) is 25.9 Å². The molecule has 100 valence electrons. The van der Waals surface area contributed by atoms with Gasteiger partial charge in [-0.3, -0.25) is 4.98 Å². The summed E-state index contributed by atoms with van der Waals surface area (Å²) in [7, 11) is 0. The van der Waals surface area contributed by atoms with Crippen LogP contribution in [0.15, 0.2) is 22.8 Å². The molecule has 0 bridgehead atoms. The third kappa shape index (κ3) is 2.76. The number of rotatable bonds is 2. The zero-order valence-electron chi connectivity index (χ0n) is 8.90. The van der Waals surface area contributed by atoms with Crippen LogP contribution < -0.4 is 0 Å². The van der Waals surface area contributed by atoms with Crippen LogP contribution in [-0.4, -0.2) is 21.0 Å². The lowest BCUT2D eigenvalue weighted by atomic mass is 10.3. The Morgan fingerprint density at radius 2 is 2.11 bits per heavy atom. The number of carboxylic acid groups (broad SMARTS) is 1. The Morgan fingerprint density at radius 3 is 2.58 bits per heavy atom. The van der Waals surface area contributed by atoms with E-state index >= 15 is 0 Å². The fraction of sp³-hybridized carbons (Fsp3) is 0.100. The molecule has 0 spiro atoms. The highest BCUT2D eigenvalue weighted by Gasteiger charge is 2.40. The van der Waals surface area contributed by atoms with E-state index in [0.717, 1.165) is 0 Å². The number of halogens is 4. The van der Waals surface area contributed by atoms with E-state index in [9.17, 15) is 18.0 Å². The predicted molar refractivity (Wildman–Crippen MR) is 65.0 cm³/mol. The van der Waals surface area contributed by atoms with Gasteiger partial charge < -0.3 is 5.11 Å². The van der Waals surface area contributed by atoms with Crippen molar-refractivity contribution in [1.82, 2.24) is 9.97 Å². The summed E-state index contributed by atoms with van der Waals surface area (Å²) in [6.45, 7) is 0. The lowest BCUT2D eigenvalue weighted by molar-refractivity contribution is -0.141. The van der Waals surface area contributed by atoms with Gasteiger partial charge in [0.15, 0.2) is 5.69 Å². The van der Waals surface area contributed by atoms with E-state index in [4.69, 9.17) is 5.11 Å². The van der Waals surface area contributed by atoms with Crippen LogP contribution in [0.5, 0.6) is 0 Å². The Kier molecular flexibility index (Phi) is 3.59. The molecule has 0 radical (unpaired) electrons. The van der Waals surface area contributed by atoms with Crippen molar-refractivity contribution >= 4 is 33.2 Å². The van der Waals surface area contributed by atoms with Crippen molar-refractivity contribution in [3.63, 3.8) is 0 Å². The standard InChI is InChI=1S/C10H4BrF3N2O2S/c11-4-2-1-3-15-5(4)8-16-7(10(12,13)14)6(19-8)9(17)18/h1-3H,(H,17,18). The molecule has 0 aromatic carbocycles. The highest BCUT2D eigenvalue weighted by molar-refractivity contribution is 9.10. The van der Waals surface area contributed by atoms with Crippen molar-refractivity contribution in [2.45, 2.75) is 6.18 Å². The van der Waals surface area contributed by atoms with Crippen LogP contribution in [0, 0.1) is 0 Å². The summed E-state index contributed by atoms with van der Waals surface area (Å²) in [6, 6.07) is 3.17. The lowest BCUT2D eigenvalue weighted by Crippen LogP contribution is -2.11. The first-order chi connectivity index (χ1) is 8.80. The molecule has 0 amide bonds.